The zero-order valence-corrected chi connectivity index (χ0v) is 12.8. The summed E-state index contributed by atoms with van der Waals surface area (Å²) in [5.41, 5.74) is 2.18. The van der Waals surface area contributed by atoms with E-state index >= 15 is 0 Å². The van der Waals surface area contributed by atoms with Crippen LogP contribution in [0.3, 0.4) is 0 Å². The first-order valence-electron chi connectivity index (χ1n) is 5.49. The molecule has 1 heterocycles. The van der Waals surface area contributed by atoms with Crippen molar-refractivity contribution in [3.63, 3.8) is 0 Å². The molecule has 96 valence electrons. The Morgan fingerprint density at radius 2 is 2.00 bits per heavy atom. The molecule has 0 radical (unpaired) electrons. The number of hydrogen-bond acceptors (Lipinski definition) is 2. The maximum Gasteiger partial charge on any atom is 0.0991 e. The summed E-state index contributed by atoms with van der Waals surface area (Å²) < 4.78 is 1.46. The van der Waals surface area contributed by atoms with Gasteiger partial charge in [-0.05, 0) is 36.2 Å². The van der Waals surface area contributed by atoms with Crippen molar-refractivity contribution >= 4 is 46.1 Å². The van der Waals surface area contributed by atoms with Crippen LogP contribution in [-0.4, -0.2) is 0 Å². The molecule has 1 N–H and O–H groups in total. The molecule has 0 aliphatic carbocycles. The minimum absolute atomic E-state index is 0.153. The van der Waals surface area contributed by atoms with E-state index in [-0.39, 0.29) is 6.04 Å². The highest BCUT2D eigenvalue weighted by Crippen LogP contribution is 2.34. The van der Waals surface area contributed by atoms with E-state index in [1.165, 1.54) is 11.3 Å². The molecule has 5 heteroatoms. The highest BCUT2D eigenvalue weighted by molar-refractivity contribution is 7.20. The summed E-state index contributed by atoms with van der Waals surface area (Å²) in [5, 5.41) is 4.15. The fraction of sp³-hybridized carbons (Fsp3) is 0.231. The third-order valence-corrected chi connectivity index (χ3v) is 4.40. The zero-order valence-electron chi connectivity index (χ0n) is 9.71. The average molecular weight is 321 g/mol. The normalized spacial score (nSPS) is 12.7. The number of benzene rings is 1. The summed E-state index contributed by atoms with van der Waals surface area (Å²) in [6.45, 7) is 2.81. The van der Waals surface area contributed by atoms with Crippen molar-refractivity contribution in [2.24, 2.45) is 0 Å². The smallest absolute Gasteiger partial charge is 0.0991 e. The van der Waals surface area contributed by atoms with Crippen molar-refractivity contribution in [2.75, 3.05) is 0 Å². The van der Waals surface area contributed by atoms with Gasteiger partial charge in [-0.1, -0.05) is 46.9 Å². The lowest BCUT2D eigenvalue weighted by Gasteiger charge is -2.13. The maximum absolute atomic E-state index is 6.12. The molecule has 1 aromatic carbocycles. The Balaban J connectivity index is 2.00. The SMILES string of the molecule is CC(NCc1cccc(Cl)c1)c1cc(Cl)sc1Cl. The van der Waals surface area contributed by atoms with E-state index < -0.39 is 0 Å². The van der Waals surface area contributed by atoms with Crippen molar-refractivity contribution in [3.8, 4) is 0 Å². The lowest BCUT2D eigenvalue weighted by Crippen LogP contribution is -2.17. The van der Waals surface area contributed by atoms with Crippen LogP contribution >= 0.6 is 46.1 Å². The fourth-order valence-corrected chi connectivity index (χ4v) is 3.53. The van der Waals surface area contributed by atoms with Crippen LogP contribution < -0.4 is 5.32 Å². The second kappa shape index (κ2) is 6.27. The monoisotopic (exact) mass is 319 g/mol. The molecule has 18 heavy (non-hydrogen) atoms. The molecule has 1 aromatic heterocycles. The molecule has 0 fully saturated rings. The quantitative estimate of drug-likeness (QED) is 0.777. The molecular formula is C13H12Cl3NS. The van der Waals surface area contributed by atoms with Crippen molar-refractivity contribution in [1.29, 1.82) is 0 Å². The van der Waals surface area contributed by atoms with Crippen molar-refractivity contribution in [3.05, 3.63) is 55.2 Å². The van der Waals surface area contributed by atoms with Gasteiger partial charge in [0.05, 0.1) is 8.67 Å². The van der Waals surface area contributed by atoms with E-state index in [0.29, 0.717) is 4.34 Å². The van der Waals surface area contributed by atoms with Crippen LogP contribution in [0, 0.1) is 0 Å². The summed E-state index contributed by atoms with van der Waals surface area (Å²) in [6.07, 6.45) is 0. The molecule has 1 nitrogen and oxygen atoms in total. The van der Waals surface area contributed by atoms with Gasteiger partial charge < -0.3 is 5.32 Å². The number of thiophene rings is 1. The number of nitrogens with one attached hydrogen (secondary N) is 1. The van der Waals surface area contributed by atoms with Crippen LogP contribution in [0.4, 0.5) is 0 Å². The van der Waals surface area contributed by atoms with E-state index in [2.05, 4.69) is 12.2 Å². The predicted molar refractivity (Wildman–Crippen MR) is 81.0 cm³/mol. The molecule has 1 atom stereocenters. The van der Waals surface area contributed by atoms with Crippen LogP contribution in [-0.2, 0) is 6.54 Å². The van der Waals surface area contributed by atoms with Crippen molar-refractivity contribution in [2.45, 2.75) is 19.5 Å². The van der Waals surface area contributed by atoms with Crippen LogP contribution in [0.5, 0.6) is 0 Å². The van der Waals surface area contributed by atoms with Gasteiger partial charge in [0, 0.05) is 17.6 Å². The lowest BCUT2D eigenvalue weighted by atomic mass is 10.1. The predicted octanol–water partition coefficient (Wildman–Crippen LogP) is 5.56. The van der Waals surface area contributed by atoms with Crippen LogP contribution in [0.25, 0.3) is 0 Å². The molecule has 2 rings (SSSR count). The van der Waals surface area contributed by atoms with Crippen molar-refractivity contribution < 1.29 is 0 Å². The molecule has 0 amide bonds. The lowest BCUT2D eigenvalue weighted by molar-refractivity contribution is 0.576. The number of rotatable bonds is 4. The Bertz CT molecular complexity index is 539. The molecule has 0 saturated heterocycles. The molecular weight excluding hydrogens is 309 g/mol. The van der Waals surface area contributed by atoms with Gasteiger partial charge in [-0.2, -0.15) is 0 Å². The van der Waals surface area contributed by atoms with Gasteiger partial charge in [-0.3, -0.25) is 0 Å². The standard InChI is InChI=1S/C13H12Cl3NS/c1-8(11-6-12(15)18-13(11)16)17-7-9-3-2-4-10(14)5-9/h2-6,8,17H,7H2,1H3. The minimum atomic E-state index is 0.153. The molecule has 0 aliphatic heterocycles. The first-order valence-corrected chi connectivity index (χ1v) is 7.44. The first-order chi connectivity index (χ1) is 8.56. The maximum atomic E-state index is 6.12. The van der Waals surface area contributed by atoms with Gasteiger partial charge in [-0.25, -0.2) is 0 Å². The van der Waals surface area contributed by atoms with E-state index in [4.69, 9.17) is 34.8 Å². The Labute approximate surface area is 126 Å². The van der Waals surface area contributed by atoms with Crippen LogP contribution in [0.2, 0.25) is 13.7 Å². The second-order valence-electron chi connectivity index (χ2n) is 4.01. The van der Waals surface area contributed by atoms with Crippen LogP contribution in [0.15, 0.2) is 30.3 Å². The summed E-state index contributed by atoms with van der Waals surface area (Å²) in [7, 11) is 0. The number of hydrogen-bond donors (Lipinski definition) is 1. The van der Waals surface area contributed by atoms with E-state index in [0.717, 1.165) is 27.0 Å². The zero-order chi connectivity index (χ0) is 13.1. The Kier molecular flexibility index (Phi) is 4.93. The third-order valence-electron chi connectivity index (χ3n) is 2.65. The Morgan fingerprint density at radius 1 is 1.22 bits per heavy atom. The fourth-order valence-electron chi connectivity index (χ4n) is 1.68. The molecule has 0 bridgehead atoms. The summed E-state index contributed by atoms with van der Waals surface area (Å²) in [6, 6.07) is 9.85. The molecule has 2 aromatic rings. The summed E-state index contributed by atoms with van der Waals surface area (Å²) >= 11 is 19.4. The summed E-state index contributed by atoms with van der Waals surface area (Å²) in [5.74, 6) is 0. The van der Waals surface area contributed by atoms with Gasteiger partial charge in [0.25, 0.3) is 0 Å². The number of halogens is 3. The van der Waals surface area contributed by atoms with Gasteiger partial charge in [0.2, 0.25) is 0 Å². The molecule has 0 spiro atoms. The average Bonchev–Trinajstić information content (AvgIpc) is 2.66. The molecule has 0 aliphatic rings. The minimum Gasteiger partial charge on any atom is -0.306 e. The second-order valence-corrected chi connectivity index (χ2v) is 6.73. The Morgan fingerprint density at radius 3 is 2.61 bits per heavy atom. The third kappa shape index (κ3) is 3.62. The highest BCUT2D eigenvalue weighted by Gasteiger charge is 2.12. The van der Waals surface area contributed by atoms with E-state index in [9.17, 15) is 0 Å². The highest BCUT2D eigenvalue weighted by atomic mass is 35.5. The Hall–Kier alpha value is -0.250. The van der Waals surface area contributed by atoms with Crippen molar-refractivity contribution in [1.82, 2.24) is 5.32 Å². The van der Waals surface area contributed by atoms with Gasteiger partial charge >= 0.3 is 0 Å². The topological polar surface area (TPSA) is 12.0 Å². The molecule has 0 saturated carbocycles. The van der Waals surface area contributed by atoms with Crippen LogP contribution in [0.1, 0.15) is 24.1 Å². The van der Waals surface area contributed by atoms with E-state index in [1.807, 2.05) is 30.3 Å². The summed E-state index contributed by atoms with van der Waals surface area (Å²) in [4.78, 5) is 0. The van der Waals surface area contributed by atoms with Gasteiger partial charge in [-0.15, -0.1) is 11.3 Å². The van der Waals surface area contributed by atoms with Gasteiger partial charge in [0.1, 0.15) is 0 Å². The first kappa shape index (κ1) is 14.2. The molecule has 1 unspecified atom stereocenters. The largest absolute Gasteiger partial charge is 0.306 e. The van der Waals surface area contributed by atoms with E-state index in [1.54, 1.807) is 0 Å². The van der Waals surface area contributed by atoms with Gasteiger partial charge in [0.15, 0.2) is 0 Å².